The minimum Gasteiger partial charge on any atom is -0.322 e. The predicted molar refractivity (Wildman–Crippen MR) is 140 cm³/mol. The maximum atomic E-state index is 17.2. The molecule has 4 nitrogen and oxygen atoms in total. The van der Waals surface area contributed by atoms with Crippen LogP contribution in [0, 0.1) is 0 Å². The molecule has 0 aromatic heterocycles. The van der Waals surface area contributed by atoms with Gasteiger partial charge in [0.15, 0.2) is 0 Å². The van der Waals surface area contributed by atoms with E-state index >= 15 is 4.39 Å². The molecular weight excluding hydrogens is 530 g/mol. The van der Waals surface area contributed by atoms with Crippen molar-refractivity contribution in [3.8, 4) is 0 Å². The van der Waals surface area contributed by atoms with E-state index in [-0.39, 0.29) is 12.8 Å². The lowest BCUT2D eigenvalue weighted by atomic mass is 9.61. The maximum Gasteiger partial charge on any atom is 0.367 e. The molecule has 0 radical (unpaired) electrons. The summed E-state index contributed by atoms with van der Waals surface area (Å²) in [6, 6.07) is 25.2. The fourth-order valence-corrected chi connectivity index (χ4v) is 6.29. The molecule has 3 aromatic rings. The molecule has 0 amide bonds. The van der Waals surface area contributed by atoms with Gasteiger partial charge < -0.3 is 9.79 Å². The third kappa shape index (κ3) is 4.45. The summed E-state index contributed by atoms with van der Waals surface area (Å²) in [6.45, 7) is 0. The first-order valence-corrected chi connectivity index (χ1v) is 13.4. The van der Waals surface area contributed by atoms with Crippen molar-refractivity contribution in [2.75, 3.05) is 0 Å². The molecule has 4 rings (SSSR count). The Balaban J connectivity index is 2.20. The van der Waals surface area contributed by atoms with Crippen LogP contribution in [0.25, 0.3) is 11.1 Å². The molecule has 2 unspecified atom stereocenters. The second kappa shape index (κ2) is 10.0. The Kier molecular flexibility index (Phi) is 7.23. The molecule has 0 saturated carbocycles. The number of benzene rings is 3. The number of carbonyl (C=O) groups excluding carboxylic acids is 1. The summed E-state index contributed by atoms with van der Waals surface area (Å²) in [4.78, 5) is 32.1. The van der Waals surface area contributed by atoms with Gasteiger partial charge in [-0.3, -0.25) is 4.57 Å². The number of alkyl halides is 1. The first-order chi connectivity index (χ1) is 16.7. The van der Waals surface area contributed by atoms with Gasteiger partial charge in [-0.1, -0.05) is 94.8 Å². The Morgan fingerprint density at radius 3 is 2.03 bits per heavy atom. The lowest BCUT2D eigenvalue weighted by Gasteiger charge is -2.49. The summed E-state index contributed by atoms with van der Waals surface area (Å²) < 4.78 is 30.9. The fraction of sp³-hybridized carbons (Fsp3) is 0.143. The molecule has 0 bridgehead atoms. The number of hydrogen-bond donors (Lipinski definition) is 2. The lowest BCUT2D eigenvalue weighted by Crippen LogP contribution is -2.49. The molecule has 0 saturated heterocycles. The highest BCUT2D eigenvalue weighted by Gasteiger charge is 2.65. The number of hydrogen-bond acceptors (Lipinski definition) is 2. The smallest absolute Gasteiger partial charge is 0.322 e. The zero-order valence-corrected chi connectivity index (χ0v) is 21.1. The Bertz CT molecular complexity index is 1360. The van der Waals surface area contributed by atoms with Crippen molar-refractivity contribution in [3.05, 3.63) is 124 Å². The van der Waals surface area contributed by atoms with Crippen LogP contribution in [0.15, 0.2) is 108 Å². The molecule has 0 spiro atoms. The monoisotopic (exact) mass is 552 g/mol. The van der Waals surface area contributed by atoms with Crippen LogP contribution in [0.5, 0.6) is 0 Å². The summed E-state index contributed by atoms with van der Waals surface area (Å²) in [5.74, 6) is 1.72. The van der Waals surface area contributed by atoms with Gasteiger partial charge in [0.2, 0.25) is 5.41 Å². The average Bonchev–Trinajstić information content (AvgIpc) is 2.86. The highest BCUT2D eigenvalue weighted by Crippen LogP contribution is 2.69. The van der Waals surface area contributed by atoms with Crippen molar-refractivity contribution in [2.24, 2.45) is 0 Å². The van der Waals surface area contributed by atoms with Crippen LogP contribution in [-0.4, -0.2) is 21.1 Å². The van der Waals surface area contributed by atoms with E-state index in [1.54, 1.807) is 54.5 Å². The van der Waals surface area contributed by atoms with Gasteiger partial charge in [-0.15, -0.1) is 0 Å². The molecule has 2 N–H and O–H groups in total. The van der Waals surface area contributed by atoms with Crippen LogP contribution in [-0.2, 0) is 14.8 Å². The SMILES string of the molecule is O=C=CCCC1(c2ccc(Br)cc2)C(c2ccccc2)=C(c2ccccc2)C=CC1(F)P(=O)(O)O. The lowest BCUT2D eigenvalue weighted by molar-refractivity contribution is 0.171. The third-order valence-corrected chi connectivity index (χ3v) is 8.33. The van der Waals surface area contributed by atoms with Crippen LogP contribution in [0.1, 0.15) is 29.5 Å². The molecule has 3 aromatic carbocycles. The zero-order chi connectivity index (χ0) is 25.1. The molecule has 35 heavy (non-hydrogen) atoms. The molecule has 0 fully saturated rings. The van der Waals surface area contributed by atoms with Crippen molar-refractivity contribution in [1.29, 1.82) is 0 Å². The quantitative estimate of drug-likeness (QED) is 0.247. The topological polar surface area (TPSA) is 74.6 Å². The molecule has 0 aliphatic heterocycles. The molecule has 7 heteroatoms. The molecule has 1 aliphatic carbocycles. The molecular formula is C28H23BrFO4P. The van der Waals surface area contributed by atoms with E-state index < -0.39 is 18.4 Å². The maximum absolute atomic E-state index is 17.2. The number of halogens is 2. The molecule has 0 heterocycles. The summed E-state index contributed by atoms with van der Waals surface area (Å²) in [5, 5.41) is -3.08. The van der Waals surface area contributed by atoms with Crippen LogP contribution in [0.2, 0.25) is 0 Å². The van der Waals surface area contributed by atoms with Crippen molar-refractivity contribution >= 4 is 40.6 Å². The van der Waals surface area contributed by atoms with Gasteiger partial charge >= 0.3 is 7.60 Å². The van der Waals surface area contributed by atoms with Crippen molar-refractivity contribution < 1.29 is 23.5 Å². The Labute approximate surface area is 211 Å². The minimum atomic E-state index is -5.39. The second-order valence-electron chi connectivity index (χ2n) is 8.34. The van der Waals surface area contributed by atoms with Crippen molar-refractivity contribution in [3.63, 3.8) is 0 Å². The highest BCUT2D eigenvalue weighted by atomic mass is 79.9. The van der Waals surface area contributed by atoms with Crippen LogP contribution >= 0.6 is 23.5 Å². The normalized spacial score (nSPS) is 22.1. The van der Waals surface area contributed by atoms with Gasteiger partial charge in [0.1, 0.15) is 5.94 Å². The van der Waals surface area contributed by atoms with E-state index in [4.69, 9.17) is 0 Å². The van der Waals surface area contributed by atoms with Gasteiger partial charge in [-0.25, -0.2) is 9.18 Å². The zero-order valence-electron chi connectivity index (χ0n) is 18.6. The van der Waals surface area contributed by atoms with E-state index in [0.29, 0.717) is 22.3 Å². The first kappa shape index (κ1) is 25.2. The Morgan fingerprint density at radius 1 is 0.914 bits per heavy atom. The molecule has 2 atom stereocenters. The summed E-state index contributed by atoms with van der Waals surface area (Å²) in [5.41, 5.74) is 1.08. The van der Waals surface area contributed by atoms with E-state index in [1.807, 2.05) is 36.4 Å². The van der Waals surface area contributed by atoms with Gasteiger partial charge in [0.05, 0.1) is 5.41 Å². The second-order valence-corrected chi connectivity index (χ2v) is 11.0. The highest BCUT2D eigenvalue weighted by molar-refractivity contribution is 9.10. The summed E-state index contributed by atoms with van der Waals surface area (Å²) >= 11 is 3.40. The van der Waals surface area contributed by atoms with E-state index in [9.17, 15) is 19.1 Å². The summed E-state index contributed by atoms with van der Waals surface area (Å²) in [7, 11) is -5.39. The fourth-order valence-electron chi connectivity index (χ4n) is 4.91. The third-order valence-electron chi connectivity index (χ3n) is 6.42. The van der Waals surface area contributed by atoms with Crippen molar-refractivity contribution in [2.45, 2.75) is 23.7 Å². The van der Waals surface area contributed by atoms with Gasteiger partial charge in [-0.2, -0.15) is 0 Å². The Hall–Kier alpha value is -2.85. The van der Waals surface area contributed by atoms with Crippen LogP contribution in [0.4, 0.5) is 4.39 Å². The minimum absolute atomic E-state index is 0.0669. The van der Waals surface area contributed by atoms with E-state index in [0.717, 1.165) is 16.1 Å². The molecule has 1 aliphatic rings. The molecule has 178 valence electrons. The van der Waals surface area contributed by atoms with E-state index in [1.165, 1.54) is 12.2 Å². The first-order valence-electron chi connectivity index (χ1n) is 11.0. The van der Waals surface area contributed by atoms with Gasteiger partial charge in [-0.05, 0) is 65.0 Å². The van der Waals surface area contributed by atoms with Gasteiger partial charge in [0.25, 0.3) is 0 Å². The predicted octanol–water partition coefficient (Wildman–Crippen LogP) is 6.88. The van der Waals surface area contributed by atoms with E-state index in [2.05, 4.69) is 15.9 Å². The standard InChI is InChI=1S/C28H23BrFO4P/c29-24-15-13-23(14-16-24)27(18-7-8-20-31)26(22-11-5-2-6-12-22)25(21-9-3-1-4-10-21)17-19-28(27,30)35(32,33)34/h1-6,8-17,19H,7,18H2,(H2,32,33,34). The number of rotatable bonds is 7. The average molecular weight is 553 g/mol. The van der Waals surface area contributed by atoms with Gasteiger partial charge in [0, 0.05) is 4.47 Å². The largest absolute Gasteiger partial charge is 0.367 e. The Morgan fingerprint density at radius 2 is 1.49 bits per heavy atom. The van der Waals surface area contributed by atoms with Crippen molar-refractivity contribution in [1.82, 2.24) is 0 Å². The number of allylic oxidation sites excluding steroid dienone is 5. The van der Waals surface area contributed by atoms with Crippen LogP contribution < -0.4 is 0 Å². The van der Waals surface area contributed by atoms with Crippen LogP contribution in [0.3, 0.4) is 0 Å². The summed E-state index contributed by atoms with van der Waals surface area (Å²) in [6.07, 6.45) is 3.68.